The van der Waals surface area contributed by atoms with Crippen molar-refractivity contribution in [2.45, 2.75) is 13.5 Å². The van der Waals surface area contributed by atoms with Crippen LogP contribution < -0.4 is 14.8 Å². The monoisotopic (exact) mass is 603 g/mol. The smallest absolute Gasteiger partial charge is 0.289 e. The first-order valence-corrected chi connectivity index (χ1v) is 11.6. The third kappa shape index (κ3) is 6.49. The van der Waals surface area contributed by atoms with E-state index in [0.29, 0.717) is 23.7 Å². The van der Waals surface area contributed by atoms with Gasteiger partial charge in [-0.2, -0.15) is 5.26 Å². The minimum Gasteiger partial charge on any atom is -0.493 e. The minimum atomic E-state index is -0.724. The maximum absolute atomic E-state index is 12.6. The number of halogens is 2. The molecule has 0 heterocycles. The lowest BCUT2D eigenvalue weighted by Gasteiger charge is -2.15. The van der Waals surface area contributed by atoms with Gasteiger partial charge in [0.15, 0.2) is 11.5 Å². The Hall–Kier alpha value is -3.62. The number of nitro groups is 1. The number of benzene rings is 3. The molecule has 3 aromatic rings. The molecule has 0 radical (unpaired) electrons. The highest BCUT2D eigenvalue weighted by Gasteiger charge is 2.17. The highest BCUT2D eigenvalue weighted by molar-refractivity contribution is 14.1. The van der Waals surface area contributed by atoms with Gasteiger partial charge >= 0.3 is 0 Å². The number of ether oxygens (including phenoxy) is 2. The first-order valence-electron chi connectivity index (χ1n) is 10.2. The van der Waals surface area contributed by atoms with Gasteiger partial charge in [-0.15, -0.1) is 0 Å². The van der Waals surface area contributed by atoms with Crippen molar-refractivity contribution in [3.05, 3.63) is 95.6 Å². The van der Waals surface area contributed by atoms with E-state index in [9.17, 15) is 20.2 Å². The van der Waals surface area contributed by atoms with Crippen LogP contribution in [0.25, 0.3) is 6.08 Å². The van der Waals surface area contributed by atoms with E-state index in [1.54, 1.807) is 12.1 Å². The first-order chi connectivity index (χ1) is 16.7. The van der Waals surface area contributed by atoms with Gasteiger partial charge in [0.25, 0.3) is 11.6 Å². The van der Waals surface area contributed by atoms with Gasteiger partial charge in [-0.1, -0.05) is 35.9 Å². The number of methoxy groups -OCH3 is 1. The summed E-state index contributed by atoms with van der Waals surface area (Å²) in [5.41, 5.74) is 2.28. The number of anilines is 1. The Labute approximate surface area is 220 Å². The van der Waals surface area contributed by atoms with E-state index in [0.717, 1.165) is 20.8 Å². The average Bonchev–Trinajstić information content (AvgIpc) is 2.83. The highest BCUT2D eigenvalue weighted by Crippen LogP contribution is 2.35. The Balaban J connectivity index is 1.84. The normalized spacial score (nSPS) is 10.9. The largest absolute Gasteiger partial charge is 0.493 e. The number of hydrogen-bond donors (Lipinski definition) is 1. The first kappa shape index (κ1) is 26.0. The van der Waals surface area contributed by atoms with Crippen LogP contribution in [0.3, 0.4) is 0 Å². The summed E-state index contributed by atoms with van der Waals surface area (Å²) >= 11 is 7.90. The number of aryl methyl sites for hydroxylation is 1. The van der Waals surface area contributed by atoms with Crippen LogP contribution in [0.2, 0.25) is 5.02 Å². The van der Waals surface area contributed by atoms with Crippen LogP contribution >= 0.6 is 34.2 Å². The quantitative estimate of drug-likeness (QED) is 0.106. The highest BCUT2D eigenvalue weighted by atomic mass is 127. The molecular weight excluding hydrogens is 585 g/mol. The molecule has 1 N–H and O–H groups in total. The van der Waals surface area contributed by atoms with E-state index in [-0.39, 0.29) is 22.0 Å². The van der Waals surface area contributed by atoms with Crippen molar-refractivity contribution in [3.8, 4) is 17.6 Å². The Bertz CT molecular complexity index is 1370. The summed E-state index contributed by atoms with van der Waals surface area (Å²) in [6.07, 6.45) is 1.40. The van der Waals surface area contributed by atoms with Gasteiger partial charge in [-0.3, -0.25) is 14.9 Å². The van der Waals surface area contributed by atoms with E-state index < -0.39 is 10.8 Å². The second-order valence-corrected chi connectivity index (χ2v) is 8.87. The van der Waals surface area contributed by atoms with Crippen LogP contribution in [0.1, 0.15) is 16.7 Å². The maximum atomic E-state index is 12.6. The molecule has 3 rings (SSSR count). The lowest BCUT2D eigenvalue weighted by Crippen LogP contribution is -2.13. The van der Waals surface area contributed by atoms with E-state index in [1.807, 2.05) is 37.3 Å². The van der Waals surface area contributed by atoms with E-state index in [2.05, 4.69) is 27.9 Å². The molecule has 0 spiro atoms. The predicted octanol–water partition coefficient (Wildman–Crippen LogP) is 6.29. The summed E-state index contributed by atoms with van der Waals surface area (Å²) in [6, 6.07) is 17.0. The van der Waals surface area contributed by atoms with Crippen molar-refractivity contribution in [1.29, 1.82) is 5.26 Å². The Kier molecular flexibility index (Phi) is 8.68. The molecule has 10 heteroatoms. The van der Waals surface area contributed by atoms with Crippen molar-refractivity contribution in [3.63, 3.8) is 0 Å². The Morgan fingerprint density at radius 3 is 2.66 bits per heavy atom. The second kappa shape index (κ2) is 11.7. The molecule has 178 valence electrons. The fourth-order valence-corrected chi connectivity index (χ4v) is 4.10. The molecule has 1 amide bonds. The lowest BCUT2D eigenvalue weighted by atomic mass is 10.1. The number of rotatable bonds is 8. The third-order valence-corrected chi connectivity index (χ3v) is 6.08. The maximum Gasteiger partial charge on any atom is 0.289 e. The summed E-state index contributed by atoms with van der Waals surface area (Å²) in [5.74, 6) is 0.269. The van der Waals surface area contributed by atoms with Crippen LogP contribution in [0.15, 0.2) is 60.2 Å². The zero-order valence-electron chi connectivity index (χ0n) is 18.7. The molecule has 3 aromatic carbocycles. The van der Waals surface area contributed by atoms with Crippen LogP contribution in [-0.2, 0) is 11.4 Å². The van der Waals surface area contributed by atoms with Crippen molar-refractivity contribution in [2.24, 2.45) is 0 Å². The third-order valence-electron chi connectivity index (χ3n) is 4.96. The molecule has 0 saturated heterocycles. The van der Waals surface area contributed by atoms with Crippen molar-refractivity contribution >= 4 is 57.5 Å². The molecule has 0 bridgehead atoms. The van der Waals surface area contributed by atoms with Gasteiger partial charge in [-0.05, 0) is 76.5 Å². The summed E-state index contributed by atoms with van der Waals surface area (Å²) in [4.78, 5) is 23.1. The van der Waals surface area contributed by atoms with Gasteiger partial charge in [0.05, 0.1) is 15.6 Å². The molecule has 0 atom stereocenters. The van der Waals surface area contributed by atoms with Crippen molar-refractivity contribution in [2.75, 3.05) is 12.4 Å². The van der Waals surface area contributed by atoms with Gasteiger partial charge in [0, 0.05) is 11.8 Å². The van der Waals surface area contributed by atoms with Gasteiger partial charge in [0.1, 0.15) is 23.3 Å². The van der Waals surface area contributed by atoms with E-state index in [4.69, 9.17) is 21.1 Å². The summed E-state index contributed by atoms with van der Waals surface area (Å²) in [7, 11) is 1.50. The number of nitrogens with zero attached hydrogens (tertiary/aromatic N) is 2. The van der Waals surface area contributed by atoms with Crippen LogP contribution in [0.4, 0.5) is 11.4 Å². The SMILES string of the molecule is COc1cc(/C=C(\C#N)C(=O)Nc2ccc(Cl)c([N+](=O)[O-])c2)cc(I)c1OCc1ccccc1C. The number of nitriles is 1. The summed E-state index contributed by atoms with van der Waals surface area (Å²) < 4.78 is 12.2. The predicted molar refractivity (Wildman–Crippen MR) is 142 cm³/mol. The molecule has 0 saturated carbocycles. The number of nitrogens with one attached hydrogen (secondary N) is 1. The fraction of sp³-hybridized carbons (Fsp3) is 0.120. The molecule has 0 aromatic heterocycles. The zero-order valence-corrected chi connectivity index (χ0v) is 21.6. The van der Waals surface area contributed by atoms with E-state index >= 15 is 0 Å². The van der Waals surface area contributed by atoms with Crippen LogP contribution in [0, 0.1) is 31.9 Å². The molecule has 0 aliphatic carbocycles. The number of carbonyl (C=O) groups is 1. The molecule has 0 unspecified atom stereocenters. The molecule has 0 aliphatic heterocycles. The van der Waals surface area contributed by atoms with Crippen LogP contribution in [-0.4, -0.2) is 17.9 Å². The zero-order chi connectivity index (χ0) is 25.5. The van der Waals surface area contributed by atoms with Gasteiger partial charge in [0.2, 0.25) is 0 Å². The van der Waals surface area contributed by atoms with Crippen LogP contribution in [0.5, 0.6) is 11.5 Å². The molecule has 0 aliphatic rings. The lowest BCUT2D eigenvalue weighted by molar-refractivity contribution is -0.384. The molecule has 35 heavy (non-hydrogen) atoms. The van der Waals surface area contributed by atoms with E-state index in [1.165, 1.54) is 25.3 Å². The minimum absolute atomic E-state index is 0.0598. The standard InChI is InChI=1S/C25H19ClIN3O5/c1-15-5-3-4-6-17(15)14-35-24-21(27)10-16(11-23(24)34-2)9-18(13-28)25(31)29-19-7-8-20(26)22(12-19)30(32)33/h3-12H,14H2,1-2H3,(H,29,31)/b18-9+. The Morgan fingerprint density at radius 1 is 1.26 bits per heavy atom. The summed E-state index contributed by atoms with van der Waals surface area (Å²) in [6.45, 7) is 2.36. The van der Waals surface area contributed by atoms with Crippen molar-refractivity contribution in [1.82, 2.24) is 0 Å². The average molecular weight is 604 g/mol. The topological polar surface area (TPSA) is 114 Å². The number of carbonyl (C=O) groups excluding carboxylic acids is 1. The summed E-state index contributed by atoms with van der Waals surface area (Å²) in [5, 5.41) is 23.0. The molecule has 0 fully saturated rings. The number of nitro benzene ring substituents is 1. The fourth-order valence-electron chi connectivity index (χ4n) is 3.13. The Morgan fingerprint density at radius 2 is 2.00 bits per heavy atom. The van der Waals surface area contributed by atoms with Crippen molar-refractivity contribution < 1.29 is 19.2 Å². The second-order valence-electron chi connectivity index (χ2n) is 7.30. The molecular formula is C25H19ClIN3O5. The number of amides is 1. The van der Waals surface area contributed by atoms with Gasteiger partial charge < -0.3 is 14.8 Å². The number of hydrogen-bond acceptors (Lipinski definition) is 6. The molecule has 8 nitrogen and oxygen atoms in total. The van der Waals surface area contributed by atoms with Gasteiger partial charge in [-0.25, -0.2) is 0 Å².